The van der Waals surface area contributed by atoms with Crippen LogP contribution in [0.15, 0.2) is 12.1 Å². The van der Waals surface area contributed by atoms with Gasteiger partial charge in [0.25, 0.3) is 0 Å². The predicted octanol–water partition coefficient (Wildman–Crippen LogP) is 5.17. The number of fused-ring (bicyclic) bond motifs is 1. The fourth-order valence-electron chi connectivity index (χ4n) is 4.00. The number of carbonyl (C=O) groups is 1. The molecule has 0 spiro atoms. The van der Waals surface area contributed by atoms with Crippen molar-refractivity contribution in [1.29, 1.82) is 0 Å². The van der Waals surface area contributed by atoms with E-state index in [0.717, 1.165) is 27.9 Å². The second kappa shape index (κ2) is 6.97. The number of aryl methyl sites for hydroxylation is 5. The Labute approximate surface area is 164 Å². The van der Waals surface area contributed by atoms with Crippen molar-refractivity contribution >= 4 is 23.2 Å². The van der Waals surface area contributed by atoms with Gasteiger partial charge in [0.05, 0.1) is 17.2 Å². The lowest BCUT2D eigenvalue weighted by Crippen LogP contribution is -2.15. The van der Waals surface area contributed by atoms with Gasteiger partial charge in [-0.3, -0.25) is 4.79 Å². The molecule has 5 nitrogen and oxygen atoms in total. The molecule has 0 aliphatic rings. The van der Waals surface area contributed by atoms with E-state index in [1.54, 1.807) is 4.52 Å². The second-order valence-electron chi connectivity index (χ2n) is 7.17. The van der Waals surface area contributed by atoms with Gasteiger partial charge in [0, 0.05) is 11.3 Å². The van der Waals surface area contributed by atoms with Crippen LogP contribution in [0.25, 0.3) is 16.8 Å². The molecule has 0 radical (unpaired) electrons. The molecule has 1 aromatic carbocycles. The van der Waals surface area contributed by atoms with E-state index in [-0.39, 0.29) is 0 Å². The second-order valence-corrected chi connectivity index (χ2v) is 7.53. The third-order valence-electron chi connectivity index (χ3n) is 5.09. The van der Waals surface area contributed by atoms with Crippen LogP contribution in [0.3, 0.4) is 0 Å². The summed E-state index contributed by atoms with van der Waals surface area (Å²) in [4.78, 5) is 16.4. The van der Waals surface area contributed by atoms with Gasteiger partial charge < -0.3 is 5.11 Å². The van der Waals surface area contributed by atoms with Gasteiger partial charge in [-0.25, -0.2) is 9.50 Å². The molecule has 0 saturated carbocycles. The molecule has 0 amide bonds. The molecule has 142 valence electrons. The topological polar surface area (TPSA) is 67.5 Å². The van der Waals surface area contributed by atoms with Crippen LogP contribution in [-0.4, -0.2) is 25.7 Å². The van der Waals surface area contributed by atoms with E-state index in [2.05, 4.69) is 38.0 Å². The highest BCUT2D eigenvalue weighted by Gasteiger charge is 2.27. The zero-order chi connectivity index (χ0) is 20.0. The van der Waals surface area contributed by atoms with E-state index < -0.39 is 11.9 Å². The predicted molar refractivity (Wildman–Crippen MR) is 108 cm³/mol. The fraction of sp³-hybridized carbons (Fsp3) is 0.381. The Morgan fingerprint density at radius 1 is 1.11 bits per heavy atom. The number of hydrogen-bond donors (Lipinski definition) is 1. The van der Waals surface area contributed by atoms with E-state index >= 15 is 0 Å². The van der Waals surface area contributed by atoms with E-state index in [9.17, 15) is 9.90 Å². The van der Waals surface area contributed by atoms with Gasteiger partial charge >= 0.3 is 5.97 Å². The highest BCUT2D eigenvalue weighted by molar-refractivity contribution is 6.31. The molecule has 27 heavy (non-hydrogen) atoms. The summed E-state index contributed by atoms with van der Waals surface area (Å²) >= 11 is 6.64. The molecule has 3 rings (SSSR count). The summed E-state index contributed by atoms with van der Waals surface area (Å²) in [7, 11) is 0. The SMILES string of the molecule is CCC(C(=O)O)c1c(C)nc2c(-c3c(C)cc(C)cc3C)c(C)nn2c1Cl. The van der Waals surface area contributed by atoms with Crippen molar-refractivity contribution in [3.05, 3.63) is 50.9 Å². The van der Waals surface area contributed by atoms with Crippen molar-refractivity contribution in [3.63, 3.8) is 0 Å². The molecular weight excluding hydrogens is 362 g/mol. The average molecular weight is 386 g/mol. The number of carboxylic acid groups (broad SMARTS) is 1. The minimum atomic E-state index is -0.905. The Morgan fingerprint density at radius 3 is 2.22 bits per heavy atom. The largest absolute Gasteiger partial charge is 0.481 e. The maximum absolute atomic E-state index is 11.7. The van der Waals surface area contributed by atoms with Crippen molar-refractivity contribution in [1.82, 2.24) is 14.6 Å². The molecule has 0 aliphatic carbocycles. The van der Waals surface area contributed by atoms with Gasteiger partial charge in [0.2, 0.25) is 0 Å². The smallest absolute Gasteiger partial charge is 0.311 e. The Kier molecular flexibility index (Phi) is 5.00. The van der Waals surface area contributed by atoms with Crippen LogP contribution in [0.2, 0.25) is 5.15 Å². The highest BCUT2D eigenvalue weighted by Crippen LogP contribution is 2.37. The van der Waals surface area contributed by atoms with Crippen LogP contribution in [-0.2, 0) is 4.79 Å². The lowest BCUT2D eigenvalue weighted by atomic mass is 9.93. The number of hydrogen-bond acceptors (Lipinski definition) is 3. The first kappa shape index (κ1) is 19.4. The Morgan fingerprint density at radius 2 is 1.70 bits per heavy atom. The number of halogens is 1. The maximum atomic E-state index is 11.7. The minimum absolute atomic E-state index is 0.323. The molecule has 2 heterocycles. The van der Waals surface area contributed by atoms with E-state index in [1.165, 1.54) is 5.56 Å². The number of carboxylic acids is 1. The van der Waals surface area contributed by atoms with Crippen LogP contribution in [0.1, 0.15) is 52.9 Å². The first-order valence-electron chi connectivity index (χ1n) is 9.03. The van der Waals surface area contributed by atoms with Gasteiger partial charge in [-0.05, 0) is 57.7 Å². The molecule has 1 atom stereocenters. The lowest BCUT2D eigenvalue weighted by Gasteiger charge is -2.16. The van der Waals surface area contributed by atoms with Crippen LogP contribution >= 0.6 is 11.6 Å². The van der Waals surface area contributed by atoms with Crippen LogP contribution < -0.4 is 0 Å². The maximum Gasteiger partial charge on any atom is 0.311 e. The monoisotopic (exact) mass is 385 g/mol. The summed E-state index contributed by atoms with van der Waals surface area (Å²) in [5.74, 6) is -1.61. The number of aliphatic carboxylic acids is 1. The van der Waals surface area contributed by atoms with Crippen molar-refractivity contribution in [3.8, 4) is 11.1 Å². The van der Waals surface area contributed by atoms with Gasteiger partial charge in [-0.2, -0.15) is 5.10 Å². The normalized spacial score (nSPS) is 12.6. The highest BCUT2D eigenvalue weighted by atomic mass is 35.5. The van der Waals surface area contributed by atoms with Gasteiger partial charge in [-0.15, -0.1) is 0 Å². The Balaban J connectivity index is 2.37. The third kappa shape index (κ3) is 3.10. The molecular formula is C21H24ClN3O2. The van der Waals surface area contributed by atoms with Crippen molar-refractivity contribution < 1.29 is 9.90 Å². The van der Waals surface area contributed by atoms with E-state index in [0.29, 0.717) is 28.5 Å². The van der Waals surface area contributed by atoms with Crippen molar-refractivity contribution in [2.45, 2.75) is 53.9 Å². The van der Waals surface area contributed by atoms with E-state index in [1.807, 2.05) is 20.8 Å². The summed E-state index contributed by atoms with van der Waals surface area (Å²) in [5.41, 5.74) is 8.21. The molecule has 0 bridgehead atoms. The van der Waals surface area contributed by atoms with Crippen molar-refractivity contribution in [2.24, 2.45) is 0 Å². The molecule has 1 unspecified atom stereocenters. The standard InChI is InChI=1S/C21H24ClN3O2/c1-7-15(21(26)27)17-13(5)23-20-18(14(6)24-25(20)19(17)22)16-11(3)8-10(2)9-12(16)4/h8-9,15H,7H2,1-6H3,(H,26,27). The zero-order valence-electron chi connectivity index (χ0n) is 16.5. The zero-order valence-corrected chi connectivity index (χ0v) is 17.3. The number of aromatic nitrogens is 3. The Bertz CT molecular complexity index is 1050. The molecule has 0 saturated heterocycles. The Hall–Kier alpha value is -2.40. The quantitative estimate of drug-likeness (QED) is 0.629. The summed E-state index contributed by atoms with van der Waals surface area (Å²) in [6.07, 6.45) is 0.437. The lowest BCUT2D eigenvalue weighted by molar-refractivity contribution is -0.138. The van der Waals surface area contributed by atoms with Crippen LogP contribution in [0.4, 0.5) is 0 Å². The molecule has 0 fully saturated rings. The first-order valence-corrected chi connectivity index (χ1v) is 9.41. The van der Waals surface area contributed by atoms with Crippen LogP contribution in [0, 0.1) is 34.6 Å². The van der Waals surface area contributed by atoms with E-state index in [4.69, 9.17) is 16.6 Å². The summed E-state index contributed by atoms with van der Waals surface area (Å²) in [5, 5.41) is 14.5. The molecule has 3 aromatic rings. The third-order valence-corrected chi connectivity index (χ3v) is 5.45. The first-order chi connectivity index (χ1) is 12.7. The van der Waals surface area contributed by atoms with Gasteiger partial charge in [0.15, 0.2) is 5.65 Å². The van der Waals surface area contributed by atoms with Crippen LogP contribution in [0.5, 0.6) is 0 Å². The minimum Gasteiger partial charge on any atom is -0.481 e. The number of nitrogens with zero attached hydrogens (tertiary/aromatic N) is 3. The average Bonchev–Trinajstić information content (AvgIpc) is 2.87. The number of rotatable bonds is 4. The van der Waals surface area contributed by atoms with Gasteiger partial charge in [-0.1, -0.05) is 36.2 Å². The summed E-state index contributed by atoms with van der Waals surface area (Å²) in [6.45, 7) is 11.8. The molecule has 1 N–H and O–H groups in total. The summed E-state index contributed by atoms with van der Waals surface area (Å²) < 4.78 is 1.58. The van der Waals surface area contributed by atoms with Crippen molar-refractivity contribution in [2.75, 3.05) is 0 Å². The molecule has 6 heteroatoms. The summed E-state index contributed by atoms with van der Waals surface area (Å²) in [6, 6.07) is 4.29. The van der Waals surface area contributed by atoms with Gasteiger partial charge in [0.1, 0.15) is 5.15 Å². The molecule has 0 aliphatic heterocycles. The number of benzene rings is 1. The fourth-order valence-corrected chi connectivity index (χ4v) is 4.39. The molecule has 2 aromatic heterocycles.